The number of aromatic nitrogens is 1. The lowest BCUT2D eigenvalue weighted by Crippen LogP contribution is -2.24. The van der Waals surface area contributed by atoms with Gasteiger partial charge in [-0.3, -0.25) is 14.5 Å². The van der Waals surface area contributed by atoms with Gasteiger partial charge >= 0.3 is 5.97 Å². The summed E-state index contributed by atoms with van der Waals surface area (Å²) in [7, 11) is 1.47. The molecular weight excluding hydrogens is 464 g/mol. The summed E-state index contributed by atoms with van der Waals surface area (Å²) in [6, 6.07) is 8.75. The Kier molecular flexibility index (Phi) is 7.94. The molecule has 0 aliphatic heterocycles. The van der Waals surface area contributed by atoms with E-state index in [1.807, 2.05) is 19.9 Å². The van der Waals surface area contributed by atoms with Crippen LogP contribution in [0.1, 0.15) is 35.7 Å². The number of aryl methyl sites for hydroxylation is 3. The van der Waals surface area contributed by atoms with Crippen LogP contribution in [0.5, 0.6) is 11.5 Å². The number of halogens is 1. The van der Waals surface area contributed by atoms with Gasteiger partial charge in [-0.2, -0.15) is 0 Å². The van der Waals surface area contributed by atoms with Gasteiger partial charge in [0.1, 0.15) is 6.61 Å². The first kappa shape index (κ1) is 24.5. The first-order chi connectivity index (χ1) is 15.7. The van der Waals surface area contributed by atoms with Crippen molar-refractivity contribution in [2.45, 2.75) is 40.2 Å². The molecule has 0 bridgehead atoms. The number of nitrogens with zero attached hydrogens (tertiary/aromatic N) is 2. The zero-order chi connectivity index (χ0) is 24.1. The zero-order valence-electron chi connectivity index (χ0n) is 18.8. The maximum Gasteiger partial charge on any atom is 0.306 e. The number of esters is 1. The molecule has 0 spiro atoms. The number of hydrogen-bond acceptors (Lipinski definition) is 7. The lowest BCUT2D eigenvalue weighted by Gasteiger charge is -2.22. The van der Waals surface area contributed by atoms with Crippen LogP contribution in [0.2, 0.25) is 5.02 Å². The summed E-state index contributed by atoms with van der Waals surface area (Å²) < 4.78 is 10.3. The Bertz CT molecular complexity index is 1150. The minimum absolute atomic E-state index is 0.00441. The number of thiazole rings is 1. The fourth-order valence-electron chi connectivity index (χ4n) is 3.41. The van der Waals surface area contributed by atoms with E-state index in [1.54, 1.807) is 29.6 Å². The molecule has 1 amide bonds. The second-order valence-electron chi connectivity index (χ2n) is 7.55. The summed E-state index contributed by atoms with van der Waals surface area (Å²) in [5.74, 6) is -0.204. The van der Waals surface area contributed by atoms with Crippen molar-refractivity contribution < 1.29 is 24.2 Å². The van der Waals surface area contributed by atoms with Crippen molar-refractivity contribution in [2.75, 3.05) is 12.0 Å². The molecule has 2 aromatic carbocycles. The fourth-order valence-corrected chi connectivity index (χ4v) is 4.67. The average molecular weight is 489 g/mol. The summed E-state index contributed by atoms with van der Waals surface area (Å²) in [4.78, 5) is 30.5. The van der Waals surface area contributed by atoms with Crippen molar-refractivity contribution in [1.82, 2.24) is 4.98 Å². The topological polar surface area (TPSA) is 89.0 Å². The van der Waals surface area contributed by atoms with Gasteiger partial charge in [0.2, 0.25) is 5.91 Å². The third kappa shape index (κ3) is 6.03. The Balaban J connectivity index is 1.63. The van der Waals surface area contributed by atoms with Crippen LogP contribution in [0.25, 0.3) is 0 Å². The minimum Gasteiger partial charge on any atom is -0.504 e. The van der Waals surface area contributed by atoms with Gasteiger partial charge < -0.3 is 14.6 Å². The number of ether oxygens (including phenoxy) is 2. The number of aromatic hydroxyl groups is 1. The Hall–Kier alpha value is -3.10. The summed E-state index contributed by atoms with van der Waals surface area (Å²) in [6.45, 7) is 5.28. The molecule has 7 nitrogen and oxygen atoms in total. The van der Waals surface area contributed by atoms with Crippen molar-refractivity contribution in [3.63, 3.8) is 0 Å². The number of methoxy groups -OCH3 is 1. The van der Waals surface area contributed by atoms with E-state index in [-0.39, 0.29) is 30.7 Å². The number of amides is 1. The van der Waals surface area contributed by atoms with Crippen LogP contribution in [0.3, 0.4) is 0 Å². The van der Waals surface area contributed by atoms with Crippen LogP contribution < -0.4 is 9.64 Å². The van der Waals surface area contributed by atoms with Crippen molar-refractivity contribution in [1.29, 1.82) is 0 Å². The van der Waals surface area contributed by atoms with Crippen molar-refractivity contribution >= 4 is 45.6 Å². The quantitative estimate of drug-likeness (QED) is 0.422. The first-order valence-electron chi connectivity index (χ1n) is 10.2. The zero-order valence-corrected chi connectivity index (χ0v) is 20.4. The molecule has 1 N–H and O–H groups in total. The van der Waals surface area contributed by atoms with Gasteiger partial charge in [-0.05, 0) is 55.2 Å². The number of phenolic OH excluding ortho intramolecular Hbond substituents is 1. The van der Waals surface area contributed by atoms with Gasteiger partial charge in [-0.15, -0.1) is 11.3 Å². The van der Waals surface area contributed by atoms with E-state index in [9.17, 15) is 14.7 Å². The highest BCUT2D eigenvalue weighted by molar-refractivity contribution is 7.14. The third-order valence-electron chi connectivity index (χ3n) is 4.91. The Labute approximate surface area is 201 Å². The van der Waals surface area contributed by atoms with E-state index in [0.29, 0.717) is 33.7 Å². The van der Waals surface area contributed by atoms with E-state index >= 15 is 0 Å². The molecule has 3 rings (SSSR count). The maximum atomic E-state index is 12.4. The van der Waals surface area contributed by atoms with Crippen LogP contribution in [-0.4, -0.2) is 29.1 Å². The molecule has 33 heavy (non-hydrogen) atoms. The predicted octanol–water partition coefficient (Wildman–Crippen LogP) is 5.49. The second kappa shape index (κ2) is 10.7. The average Bonchev–Trinajstić information content (AvgIpc) is 3.21. The minimum atomic E-state index is -0.388. The van der Waals surface area contributed by atoms with Gasteiger partial charge in [0.25, 0.3) is 0 Å². The van der Waals surface area contributed by atoms with Crippen molar-refractivity contribution in [3.05, 3.63) is 63.1 Å². The third-order valence-corrected chi connectivity index (χ3v) is 6.07. The second-order valence-corrected chi connectivity index (χ2v) is 8.80. The number of phenols is 1. The van der Waals surface area contributed by atoms with Crippen molar-refractivity contribution in [3.8, 4) is 11.5 Å². The molecule has 0 unspecified atom stereocenters. The van der Waals surface area contributed by atoms with E-state index in [0.717, 1.165) is 16.7 Å². The normalized spacial score (nSPS) is 10.7. The highest BCUT2D eigenvalue weighted by atomic mass is 35.5. The first-order valence-corrected chi connectivity index (χ1v) is 11.5. The summed E-state index contributed by atoms with van der Waals surface area (Å²) in [5.41, 5.74) is 3.79. The number of anilines is 2. The summed E-state index contributed by atoms with van der Waals surface area (Å²) >= 11 is 7.71. The van der Waals surface area contributed by atoms with Crippen LogP contribution in [0.4, 0.5) is 10.8 Å². The largest absolute Gasteiger partial charge is 0.504 e. The maximum absolute atomic E-state index is 12.4. The summed E-state index contributed by atoms with van der Waals surface area (Å²) in [5, 5.41) is 12.5. The molecule has 0 aliphatic carbocycles. The SMILES string of the molecule is COc1ccc(CCC(=O)OCc2csc(N(C(C)=O)c3c(C)cc(C)cc3Cl)n2)cc1O. The number of carbonyl (C=O) groups excluding carboxylic acids is 2. The van der Waals surface area contributed by atoms with Crippen LogP contribution in [0.15, 0.2) is 35.7 Å². The Morgan fingerprint density at radius 1 is 1.21 bits per heavy atom. The predicted molar refractivity (Wildman–Crippen MR) is 129 cm³/mol. The van der Waals surface area contributed by atoms with Crippen molar-refractivity contribution in [2.24, 2.45) is 0 Å². The van der Waals surface area contributed by atoms with E-state index in [1.165, 1.54) is 30.3 Å². The van der Waals surface area contributed by atoms with Crippen LogP contribution >= 0.6 is 22.9 Å². The molecule has 0 radical (unpaired) electrons. The smallest absolute Gasteiger partial charge is 0.306 e. The lowest BCUT2D eigenvalue weighted by molar-refractivity contribution is -0.145. The number of rotatable bonds is 8. The molecule has 1 heterocycles. The van der Waals surface area contributed by atoms with Crippen LogP contribution in [-0.2, 0) is 27.4 Å². The van der Waals surface area contributed by atoms with Gasteiger partial charge in [-0.1, -0.05) is 23.7 Å². The number of hydrogen-bond donors (Lipinski definition) is 1. The number of benzene rings is 2. The van der Waals surface area contributed by atoms with Gasteiger partial charge in [-0.25, -0.2) is 4.98 Å². The van der Waals surface area contributed by atoms with Gasteiger partial charge in [0, 0.05) is 18.7 Å². The lowest BCUT2D eigenvalue weighted by atomic mass is 10.1. The monoisotopic (exact) mass is 488 g/mol. The van der Waals surface area contributed by atoms with Gasteiger partial charge in [0.15, 0.2) is 16.6 Å². The molecule has 9 heteroatoms. The molecule has 0 saturated heterocycles. The summed E-state index contributed by atoms with van der Waals surface area (Å²) in [6.07, 6.45) is 0.572. The molecule has 0 saturated carbocycles. The highest BCUT2D eigenvalue weighted by Crippen LogP contribution is 2.37. The van der Waals surface area contributed by atoms with E-state index in [4.69, 9.17) is 21.1 Å². The Morgan fingerprint density at radius 3 is 2.61 bits per heavy atom. The molecule has 1 aromatic heterocycles. The number of carbonyl (C=O) groups is 2. The molecule has 0 atom stereocenters. The Morgan fingerprint density at radius 2 is 1.97 bits per heavy atom. The van der Waals surface area contributed by atoms with Crippen LogP contribution in [0, 0.1) is 13.8 Å². The molecule has 174 valence electrons. The molecule has 0 aliphatic rings. The standard InChI is InChI=1S/C24H25ClN2O5S/c1-14-9-15(2)23(19(25)10-14)27(16(3)28)24-26-18(13-33-24)12-32-22(30)8-6-17-5-7-21(31-4)20(29)11-17/h5,7,9-11,13,29H,6,8,12H2,1-4H3. The fraction of sp³-hybridized carbons (Fsp3) is 0.292. The van der Waals surface area contributed by atoms with Gasteiger partial charge in [0.05, 0.1) is 23.5 Å². The molecular formula is C24H25ClN2O5S. The molecule has 0 fully saturated rings. The highest BCUT2D eigenvalue weighted by Gasteiger charge is 2.23. The molecule has 3 aromatic rings. The van der Waals surface area contributed by atoms with E-state index in [2.05, 4.69) is 4.98 Å². The van der Waals surface area contributed by atoms with E-state index < -0.39 is 0 Å².